The van der Waals surface area contributed by atoms with Gasteiger partial charge in [-0.2, -0.15) is 5.26 Å². The first kappa shape index (κ1) is 36.0. The standard InChI is InChI=1S/C58H39N3O/c59-36-37-26-28-38(29-27-37)42-31-32-45(44-19-8-7-18-43(42)44)46-20-13-23-51-56(46)47-34-41(57-60-52(39-14-3-1-4-15-39)35-53(61-57)40-16-5-2-6-17-40)30-33-48(47)58(51)49-21-9-11-24-54(49)62-55-25-12-10-22-50(55)58/h1-19,21-31,33-35,45-46H,20,32H2. The van der Waals surface area contributed by atoms with Crippen LogP contribution in [0.25, 0.3) is 45.0 Å². The van der Waals surface area contributed by atoms with E-state index in [1.165, 1.54) is 39.0 Å². The molecule has 292 valence electrons. The van der Waals surface area contributed by atoms with Crippen molar-refractivity contribution in [1.29, 1.82) is 5.26 Å². The summed E-state index contributed by atoms with van der Waals surface area (Å²) >= 11 is 0. The molecule has 12 rings (SSSR count). The zero-order chi connectivity index (χ0) is 41.2. The molecule has 1 spiro atoms. The van der Waals surface area contributed by atoms with Crippen molar-refractivity contribution in [2.75, 3.05) is 0 Å². The first-order valence-corrected chi connectivity index (χ1v) is 21.4. The summed E-state index contributed by atoms with van der Waals surface area (Å²) in [4.78, 5) is 10.6. The molecule has 0 saturated heterocycles. The molecule has 1 aromatic heterocycles. The van der Waals surface area contributed by atoms with E-state index < -0.39 is 5.41 Å². The molecule has 8 aromatic rings. The van der Waals surface area contributed by atoms with Gasteiger partial charge in [0.25, 0.3) is 0 Å². The van der Waals surface area contributed by atoms with Crippen molar-refractivity contribution in [2.45, 2.75) is 24.2 Å². The van der Waals surface area contributed by atoms with Crippen molar-refractivity contribution in [1.82, 2.24) is 9.97 Å². The summed E-state index contributed by atoms with van der Waals surface area (Å²) in [6.45, 7) is 0. The Balaban J connectivity index is 1.09. The van der Waals surface area contributed by atoms with E-state index in [1.54, 1.807) is 0 Å². The predicted molar refractivity (Wildman–Crippen MR) is 247 cm³/mol. The molecule has 4 aliphatic rings. The monoisotopic (exact) mass is 793 g/mol. The van der Waals surface area contributed by atoms with Crippen molar-refractivity contribution in [3.8, 4) is 51.5 Å². The van der Waals surface area contributed by atoms with Gasteiger partial charge in [0.1, 0.15) is 11.5 Å². The number of para-hydroxylation sites is 2. The fourth-order valence-corrected chi connectivity index (χ4v) is 10.7. The molecular formula is C58H39N3O. The van der Waals surface area contributed by atoms with Gasteiger partial charge in [-0.3, -0.25) is 0 Å². The minimum Gasteiger partial charge on any atom is -0.457 e. The zero-order valence-electron chi connectivity index (χ0n) is 33.9. The molecular weight excluding hydrogens is 755 g/mol. The smallest absolute Gasteiger partial charge is 0.160 e. The number of ether oxygens (including phenoxy) is 1. The molecule has 2 heterocycles. The second kappa shape index (κ2) is 14.4. The van der Waals surface area contributed by atoms with Crippen LogP contribution in [0.2, 0.25) is 0 Å². The fraction of sp³-hybridized carbons (Fsp3) is 0.0862. The predicted octanol–water partition coefficient (Wildman–Crippen LogP) is 13.8. The van der Waals surface area contributed by atoms with Gasteiger partial charge in [-0.1, -0.05) is 164 Å². The van der Waals surface area contributed by atoms with E-state index in [0.717, 1.165) is 69.1 Å². The number of hydrogen-bond donors (Lipinski definition) is 0. The lowest BCUT2D eigenvalue weighted by atomic mass is 9.63. The lowest BCUT2D eigenvalue weighted by Crippen LogP contribution is -2.33. The molecule has 0 saturated carbocycles. The summed E-state index contributed by atoms with van der Waals surface area (Å²) in [5.74, 6) is 2.87. The SMILES string of the molecule is N#Cc1ccc(C2=CCC(C3CC=CC4=C3c3cc(-c5nc(-c6ccccc6)cc(-c6ccccc6)n5)ccc3C43c4ccccc4Oc4ccccc43)c3ccccc32)cc1. The van der Waals surface area contributed by atoms with Gasteiger partial charge in [-0.25, -0.2) is 9.97 Å². The van der Waals surface area contributed by atoms with E-state index in [1.807, 2.05) is 24.3 Å². The molecule has 2 atom stereocenters. The molecule has 0 N–H and O–H groups in total. The van der Waals surface area contributed by atoms with Crippen LogP contribution in [0.5, 0.6) is 11.5 Å². The van der Waals surface area contributed by atoms with Crippen LogP contribution in [0.15, 0.2) is 206 Å². The van der Waals surface area contributed by atoms with Crippen LogP contribution >= 0.6 is 0 Å². The van der Waals surface area contributed by atoms with E-state index in [-0.39, 0.29) is 11.8 Å². The Hall–Kier alpha value is -7.87. The minimum absolute atomic E-state index is 0.182. The van der Waals surface area contributed by atoms with E-state index in [9.17, 15) is 5.26 Å². The second-order valence-electron chi connectivity index (χ2n) is 16.6. The van der Waals surface area contributed by atoms with Gasteiger partial charge in [0.05, 0.1) is 28.4 Å². The normalized spacial score (nSPS) is 17.4. The van der Waals surface area contributed by atoms with Crippen molar-refractivity contribution in [3.63, 3.8) is 0 Å². The highest BCUT2D eigenvalue weighted by molar-refractivity contribution is 5.93. The van der Waals surface area contributed by atoms with Gasteiger partial charge in [-0.15, -0.1) is 0 Å². The molecule has 4 heteroatoms. The zero-order valence-corrected chi connectivity index (χ0v) is 33.9. The topological polar surface area (TPSA) is 58.8 Å². The van der Waals surface area contributed by atoms with Crippen LogP contribution in [0, 0.1) is 17.2 Å². The summed E-state index contributed by atoms with van der Waals surface area (Å²) in [5, 5.41) is 9.53. The summed E-state index contributed by atoms with van der Waals surface area (Å²) in [5.41, 5.74) is 17.4. The number of aromatic nitrogens is 2. The van der Waals surface area contributed by atoms with E-state index in [2.05, 4.69) is 182 Å². The molecule has 0 radical (unpaired) electrons. The molecule has 62 heavy (non-hydrogen) atoms. The Bertz CT molecular complexity index is 3120. The molecule has 3 aliphatic carbocycles. The van der Waals surface area contributed by atoms with Crippen LogP contribution in [0.4, 0.5) is 0 Å². The number of benzene rings is 7. The van der Waals surface area contributed by atoms with Crippen LogP contribution in [-0.4, -0.2) is 9.97 Å². The van der Waals surface area contributed by atoms with Gasteiger partial charge >= 0.3 is 0 Å². The first-order chi connectivity index (χ1) is 30.7. The summed E-state index contributed by atoms with van der Waals surface area (Å²) < 4.78 is 6.73. The van der Waals surface area contributed by atoms with Crippen molar-refractivity contribution in [3.05, 3.63) is 250 Å². The Morgan fingerprint density at radius 1 is 0.532 bits per heavy atom. The molecule has 0 fully saturated rings. The Labute approximate surface area is 361 Å². The molecule has 0 bridgehead atoms. The van der Waals surface area contributed by atoms with Crippen LogP contribution in [-0.2, 0) is 5.41 Å². The maximum atomic E-state index is 9.53. The van der Waals surface area contributed by atoms with Gasteiger partial charge in [-0.05, 0) is 106 Å². The van der Waals surface area contributed by atoms with E-state index in [4.69, 9.17) is 14.7 Å². The summed E-state index contributed by atoms with van der Waals surface area (Å²) in [6, 6.07) is 66.3. The lowest BCUT2D eigenvalue weighted by Gasteiger charge is -2.41. The van der Waals surface area contributed by atoms with Gasteiger partial charge in [0.15, 0.2) is 5.82 Å². The number of rotatable bonds is 5. The molecule has 7 aromatic carbocycles. The third kappa shape index (κ3) is 5.52. The number of fused-ring (bicyclic) bond motifs is 9. The minimum atomic E-state index is -0.594. The largest absolute Gasteiger partial charge is 0.457 e. The van der Waals surface area contributed by atoms with E-state index >= 15 is 0 Å². The number of hydrogen-bond acceptors (Lipinski definition) is 4. The maximum Gasteiger partial charge on any atom is 0.160 e. The van der Waals surface area contributed by atoms with Gasteiger partial charge in [0.2, 0.25) is 0 Å². The Morgan fingerprint density at radius 2 is 1.15 bits per heavy atom. The number of nitriles is 1. The molecule has 0 amide bonds. The molecule has 4 nitrogen and oxygen atoms in total. The molecule has 2 unspecified atom stereocenters. The second-order valence-corrected chi connectivity index (χ2v) is 16.6. The quantitative estimate of drug-likeness (QED) is 0.174. The summed E-state index contributed by atoms with van der Waals surface area (Å²) in [6.07, 6.45) is 9.07. The fourth-order valence-electron chi connectivity index (χ4n) is 10.7. The van der Waals surface area contributed by atoms with Crippen LogP contribution in [0.3, 0.4) is 0 Å². The third-order valence-corrected chi connectivity index (χ3v) is 13.4. The average molecular weight is 794 g/mol. The van der Waals surface area contributed by atoms with Gasteiger partial charge in [0, 0.05) is 27.8 Å². The highest BCUT2D eigenvalue weighted by atomic mass is 16.5. The van der Waals surface area contributed by atoms with Crippen molar-refractivity contribution < 1.29 is 4.74 Å². The van der Waals surface area contributed by atoms with E-state index in [0.29, 0.717) is 11.4 Å². The van der Waals surface area contributed by atoms with Crippen LogP contribution in [0.1, 0.15) is 63.3 Å². The van der Waals surface area contributed by atoms with Gasteiger partial charge < -0.3 is 4.74 Å². The highest BCUT2D eigenvalue weighted by Crippen LogP contribution is 2.65. The highest BCUT2D eigenvalue weighted by Gasteiger charge is 2.54. The number of allylic oxidation sites excluding steroid dienone is 5. The average Bonchev–Trinajstić information content (AvgIpc) is 3.64. The van der Waals surface area contributed by atoms with Crippen molar-refractivity contribution in [2.24, 2.45) is 5.92 Å². The Kier molecular flexibility index (Phi) is 8.37. The Morgan fingerprint density at radius 3 is 1.82 bits per heavy atom. The van der Waals surface area contributed by atoms with Crippen LogP contribution < -0.4 is 4.74 Å². The first-order valence-electron chi connectivity index (χ1n) is 21.4. The lowest BCUT2D eigenvalue weighted by molar-refractivity contribution is 0.435. The third-order valence-electron chi connectivity index (χ3n) is 13.4. The van der Waals surface area contributed by atoms with Crippen molar-refractivity contribution >= 4 is 11.1 Å². The molecule has 1 aliphatic heterocycles. The summed E-state index contributed by atoms with van der Waals surface area (Å²) in [7, 11) is 0. The maximum absolute atomic E-state index is 9.53. The number of nitrogens with zero attached hydrogens (tertiary/aromatic N) is 3.